The molecule has 1 saturated heterocycles. The van der Waals surface area contributed by atoms with Crippen LogP contribution in [0.15, 0.2) is 23.8 Å². The first-order valence-electron chi connectivity index (χ1n) is 9.91. The highest BCUT2D eigenvalue weighted by Crippen LogP contribution is 2.53. The van der Waals surface area contributed by atoms with Crippen molar-refractivity contribution in [1.82, 2.24) is 0 Å². The van der Waals surface area contributed by atoms with E-state index in [0.29, 0.717) is 5.57 Å². The van der Waals surface area contributed by atoms with Gasteiger partial charge in [-0.25, -0.2) is 9.59 Å². The molecule has 0 bridgehead atoms. The van der Waals surface area contributed by atoms with Gasteiger partial charge >= 0.3 is 17.9 Å². The molecule has 10 heteroatoms. The molecule has 0 unspecified atom stereocenters. The van der Waals surface area contributed by atoms with Crippen molar-refractivity contribution in [2.24, 2.45) is 17.8 Å². The highest BCUT2D eigenvalue weighted by Gasteiger charge is 2.65. The summed E-state index contributed by atoms with van der Waals surface area (Å²) in [5, 5.41) is 21.5. The Kier molecular flexibility index (Phi) is 6.59. The molecule has 0 amide bonds. The predicted octanol–water partition coefficient (Wildman–Crippen LogP) is 0.445. The minimum absolute atomic E-state index is 0.0543. The molecule has 170 valence electrons. The van der Waals surface area contributed by atoms with Gasteiger partial charge in [-0.1, -0.05) is 12.2 Å². The van der Waals surface area contributed by atoms with Crippen LogP contribution in [0, 0.1) is 17.8 Å². The Hall–Kier alpha value is -2.23. The molecule has 0 spiro atoms. The molecule has 3 fully saturated rings. The Morgan fingerprint density at radius 2 is 2.03 bits per heavy atom. The van der Waals surface area contributed by atoms with Gasteiger partial charge in [0, 0.05) is 24.8 Å². The number of aliphatic hydroxyl groups is 2. The van der Waals surface area contributed by atoms with Gasteiger partial charge in [0.2, 0.25) is 0 Å². The van der Waals surface area contributed by atoms with Gasteiger partial charge in [-0.3, -0.25) is 9.59 Å². The molecule has 1 aliphatic heterocycles. The third-order valence-electron chi connectivity index (χ3n) is 6.38. The number of esters is 3. The van der Waals surface area contributed by atoms with Gasteiger partial charge < -0.3 is 24.4 Å². The van der Waals surface area contributed by atoms with Crippen molar-refractivity contribution in [3.8, 4) is 0 Å². The maximum atomic E-state index is 12.6. The minimum atomic E-state index is -1.79. The summed E-state index contributed by atoms with van der Waals surface area (Å²) in [7, 11) is 0. The molecule has 3 aliphatic rings. The molecule has 0 aromatic carbocycles. The monoisotopic (exact) mass is 456 g/mol. The van der Waals surface area contributed by atoms with E-state index in [1.54, 1.807) is 0 Å². The molecule has 7 atom stereocenters. The molecule has 2 N–H and O–H groups in total. The van der Waals surface area contributed by atoms with E-state index in [-0.39, 0.29) is 30.9 Å². The molecule has 9 nitrogen and oxygen atoms in total. The van der Waals surface area contributed by atoms with Crippen molar-refractivity contribution < 1.29 is 43.6 Å². The lowest BCUT2D eigenvalue weighted by Crippen LogP contribution is -2.52. The third kappa shape index (κ3) is 4.14. The van der Waals surface area contributed by atoms with Crippen molar-refractivity contribution in [2.45, 2.75) is 50.6 Å². The number of carbonyl (C=O) groups excluding carboxylic acids is 4. The van der Waals surface area contributed by atoms with E-state index >= 15 is 0 Å². The quantitative estimate of drug-likeness (QED) is 0.151. The van der Waals surface area contributed by atoms with E-state index < -0.39 is 65.4 Å². The fourth-order valence-electron chi connectivity index (χ4n) is 4.74. The topological polar surface area (TPSA) is 136 Å². The second kappa shape index (κ2) is 8.72. The SMILES string of the molecule is C=C1C[C@H](OC(=O)/C(C)=C/COC(C)=O)[C@H]2C(=O)C(=O)O[C@@H]2[C@@H]2[C@H]1C[C@H](O)[C@]2(O)CCl. The number of rotatable bonds is 5. The summed E-state index contributed by atoms with van der Waals surface area (Å²) in [6.45, 7) is 6.59. The van der Waals surface area contributed by atoms with Crippen LogP contribution in [0.1, 0.15) is 26.7 Å². The van der Waals surface area contributed by atoms with Gasteiger partial charge in [0.15, 0.2) is 0 Å². The number of aliphatic hydroxyl groups excluding tert-OH is 1. The van der Waals surface area contributed by atoms with Gasteiger partial charge in [-0.15, -0.1) is 11.6 Å². The largest absolute Gasteiger partial charge is 0.462 e. The standard InChI is InChI=1S/C21H25ClO9/c1-9(4-5-29-11(3)23)19(26)30-13-6-10(2)12-7-14(24)21(28,8-22)16(12)18-15(13)17(25)20(27)31-18/h4,12-16,18,24,28H,2,5-8H2,1,3H3/b9-4+/t12-,13-,14-,15-,16-,18-,21+/m0/s1. The fraction of sp³-hybridized carbons (Fsp3) is 0.619. The molecule has 2 saturated carbocycles. The Labute approximate surface area is 184 Å². The number of ether oxygens (including phenoxy) is 3. The van der Waals surface area contributed by atoms with Crippen molar-refractivity contribution in [3.05, 3.63) is 23.8 Å². The van der Waals surface area contributed by atoms with Crippen LogP contribution in [0.4, 0.5) is 0 Å². The number of alkyl halides is 1. The maximum Gasteiger partial charge on any atom is 0.375 e. The van der Waals surface area contributed by atoms with Crippen LogP contribution in [0.2, 0.25) is 0 Å². The normalized spacial score (nSPS) is 37.6. The van der Waals surface area contributed by atoms with Crippen molar-refractivity contribution in [2.75, 3.05) is 12.5 Å². The highest BCUT2D eigenvalue weighted by atomic mass is 35.5. The van der Waals surface area contributed by atoms with Crippen LogP contribution < -0.4 is 0 Å². The van der Waals surface area contributed by atoms with Crippen molar-refractivity contribution in [1.29, 1.82) is 0 Å². The fourth-order valence-corrected chi connectivity index (χ4v) is 5.10. The minimum Gasteiger partial charge on any atom is -0.462 e. The zero-order chi connectivity index (χ0) is 23.1. The number of Topliss-reactive ketones (excluding diaryl/α,β-unsaturated/α-hetero) is 1. The zero-order valence-corrected chi connectivity index (χ0v) is 18.0. The van der Waals surface area contributed by atoms with Gasteiger partial charge in [-0.05, 0) is 25.3 Å². The van der Waals surface area contributed by atoms with E-state index in [0.717, 1.165) is 0 Å². The van der Waals surface area contributed by atoms with Gasteiger partial charge in [-0.2, -0.15) is 0 Å². The van der Waals surface area contributed by atoms with Crippen molar-refractivity contribution in [3.63, 3.8) is 0 Å². The lowest BCUT2D eigenvalue weighted by atomic mass is 9.77. The number of fused-ring (bicyclic) bond motifs is 3. The summed E-state index contributed by atoms with van der Waals surface area (Å²) < 4.78 is 15.6. The summed E-state index contributed by atoms with van der Waals surface area (Å²) >= 11 is 5.97. The molecular weight excluding hydrogens is 432 g/mol. The lowest BCUT2D eigenvalue weighted by molar-refractivity contribution is -0.155. The predicted molar refractivity (Wildman–Crippen MR) is 106 cm³/mol. The molecule has 1 heterocycles. The Morgan fingerprint density at radius 1 is 1.35 bits per heavy atom. The number of hydrogen-bond acceptors (Lipinski definition) is 9. The smallest absolute Gasteiger partial charge is 0.375 e. The Balaban J connectivity index is 1.89. The second-order valence-corrected chi connectivity index (χ2v) is 8.53. The summed E-state index contributed by atoms with van der Waals surface area (Å²) in [5.74, 6) is -6.04. The number of halogens is 1. The molecule has 31 heavy (non-hydrogen) atoms. The summed E-state index contributed by atoms with van der Waals surface area (Å²) in [6, 6.07) is 0. The van der Waals surface area contributed by atoms with Crippen LogP contribution in [-0.4, -0.2) is 70.3 Å². The summed E-state index contributed by atoms with van der Waals surface area (Å²) in [5.41, 5.74) is -1.08. The first kappa shape index (κ1) is 23.4. The van der Waals surface area contributed by atoms with E-state index in [9.17, 15) is 29.4 Å². The molecule has 0 aromatic heterocycles. The first-order valence-corrected chi connectivity index (χ1v) is 10.4. The molecule has 0 aromatic rings. The van der Waals surface area contributed by atoms with Crippen LogP contribution in [0.3, 0.4) is 0 Å². The van der Waals surface area contributed by atoms with E-state index in [1.165, 1.54) is 19.9 Å². The average Bonchev–Trinajstić information content (AvgIpc) is 3.09. The van der Waals surface area contributed by atoms with Crippen LogP contribution in [0.25, 0.3) is 0 Å². The first-order chi connectivity index (χ1) is 14.5. The molecule has 3 rings (SSSR count). The third-order valence-corrected chi connectivity index (χ3v) is 6.81. The molecule has 2 aliphatic carbocycles. The Bertz CT molecular complexity index is 850. The number of hydrogen-bond donors (Lipinski definition) is 2. The van der Waals surface area contributed by atoms with E-state index in [2.05, 4.69) is 6.58 Å². The second-order valence-electron chi connectivity index (χ2n) is 8.26. The number of carbonyl (C=O) groups is 4. The van der Waals surface area contributed by atoms with Gasteiger partial charge in [0.05, 0.1) is 12.0 Å². The lowest BCUT2D eigenvalue weighted by Gasteiger charge is -2.36. The van der Waals surface area contributed by atoms with E-state index in [1.807, 2.05) is 0 Å². The van der Waals surface area contributed by atoms with Crippen LogP contribution in [0.5, 0.6) is 0 Å². The highest BCUT2D eigenvalue weighted by molar-refractivity contribution is 6.36. The molecule has 0 radical (unpaired) electrons. The maximum absolute atomic E-state index is 12.6. The van der Waals surface area contributed by atoms with Crippen LogP contribution in [-0.2, 0) is 33.4 Å². The Morgan fingerprint density at radius 3 is 2.65 bits per heavy atom. The van der Waals surface area contributed by atoms with Gasteiger partial charge in [0.25, 0.3) is 5.78 Å². The average molecular weight is 457 g/mol. The number of ketones is 1. The molecular formula is C21H25ClO9. The van der Waals surface area contributed by atoms with Gasteiger partial charge in [0.1, 0.15) is 30.3 Å². The van der Waals surface area contributed by atoms with Crippen molar-refractivity contribution >= 4 is 35.3 Å². The van der Waals surface area contributed by atoms with Crippen LogP contribution >= 0.6 is 11.6 Å². The zero-order valence-electron chi connectivity index (χ0n) is 17.2. The summed E-state index contributed by atoms with van der Waals surface area (Å²) in [4.78, 5) is 48.2. The van der Waals surface area contributed by atoms with E-state index in [4.69, 9.17) is 25.8 Å². The summed E-state index contributed by atoms with van der Waals surface area (Å²) in [6.07, 6.45) is -1.81.